The SMILES string of the molecule is Cc1cc(=O)oc2cc(OCC(=O)Nc3nc(-c4cccc(Br)c4)cs3)ccc12. The number of nitrogens with zero attached hydrogens (tertiary/aromatic N) is 1. The van der Waals surface area contributed by atoms with Gasteiger partial charge in [-0.3, -0.25) is 10.1 Å². The third-order valence-electron chi connectivity index (χ3n) is 4.16. The fourth-order valence-electron chi connectivity index (χ4n) is 2.81. The quantitative estimate of drug-likeness (QED) is 0.414. The number of thiazole rings is 1. The summed E-state index contributed by atoms with van der Waals surface area (Å²) in [5, 5.41) is 5.93. The number of halogens is 1. The van der Waals surface area contributed by atoms with Crippen LogP contribution in [0.5, 0.6) is 5.75 Å². The largest absolute Gasteiger partial charge is 0.484 e. The van der Waals surface area contributed by atoms with Gasteiger partial charge in [-0.1, -0.05) is 28.1 Å². The Kier molecular flexibility index (Phi) is 5.46. The Labute approximate surface area is 178 Å². The molecule has 1 amide bonds. The molecule has 0 radical (unpaired) electrons. The molecule has 0 aliphatic carbocycles. The van der Waals surface area contributed by atoms with Crippen molar-refractivity contribution in [2.75, 3.05) is 11.9 Å². The van der Waals surface area contributed by atoms with Crippen LogP contribution in [0.25, 0.3) is 22.2 Å². The third kappa shape index (κ3) is 4.55. The molecule has 0 saturated carbocycles. The van der Waals surface area contributed by atoms with E-state index >= 15 is 0 Å². The van der Waals surface area contributed by atoms with Crippen LogP contribution in [0.4, 0.5) is 5.13 Å². The summed E-state index contributed by atoms with van der Waals surface area (Å²) in [5.41, 5.74) is 2.57. The van der Waals surface area contributed by atoms with Crippen molar-refractivity contribution in [3.05, 3.63) is 74.4 Å². The maximum Gasteiger partial charge on any atom is 0.336 e. The van der Waals surface area contributed by atoms with Gasteiger partial charge >= 0.3 is 5.63 Å². The number of benzene rings is 2. The minimum absolute atomic E-state index is 0.187. The van der Waals surface area contributed by atoms with Gasteiger partial charge in [0.2, 0.25) is 0 Å². The topological polar surface area (TPSA) is 81.4 Å². The highest BCUT2D eigenvalue weighted by Crippen LogP contribution is 2.27. The van der Waals surface area contributed by atoms with Crippen LogP contribution in [0.3, 0.4) is 0 Å². The summed E-state index contributed by atoms with van der Waals surface area (Å²) < 4.78 is 11.7. The van der Waals surface area contributed by atoms with Crippen LogP contribution in [0.2, 0.25) is 0 Å². The zero-order valence-electron chi connectivity index (χ0n) is 15.3. The second kappa shape index (κ2) is 8.18. The third-order valence-corrected chi connectivity index (χ3v) is 5.41. The van der Waals surface area contributed by atoms with Gasteiger partial charge in [-0.2, -0.15) is 0 Å². The predicted octanol–water partition coefficient (Wildman–Crippen LogP) is 5.00. The molecule has 8 heteroatoms. The Morgan fingerprint density at radius 1 is 1.24 bits per heavy atom. The molecule has 0 aliphatic heterocycles. The second-order valence-corrected chi connectivity index (χ2v) is 8.07. The second-order valence-electron chi connectivity index (χ2n) is 6.29. The van der Waals surface area contributed by atoms with Crippen LogP contribution < -0.4 is 15.7 Å². The molecular weight excluding hydrogens is 456 g/mol. The lowest BCUT2D eigenvalue weighted by Gasteiger charge is -2.07. The van der Waals surface area contributed by atoms with Crippen LogP contribution >= 0.6 is 27.3 Å². The van der Waals surface area contributed by atoms with Gasteiger partial charge in [0.05, 0.1) is 5.69 Å². The maximum atomic E-state index is 12.2. The first-order valence-corrected chi connectivity index (χ1v) is 10.3. The molecule has 0 unspecified atom stereocenters. The van der Waals surface area contributed by atoms with Gasteiger partial charge < -0.3 is 9.15 Å². The molecule has 0 fully saturated rings. The van der Waals surface area contributed by atoms with Crippen molar-refractivity contribution in [3.8, 4) is 17.0 Å². The monoisotopic (exact) mass is 470 g/mol. The zero-order valence-corrected chi connectivity index (χ0v) is 17.7. The first-order valence-electron chi connectivity index (χ1n) is 8.66. The Hall–Kier alpha value is -2.97. The average Bonchev–Trinajstić information content (AvgIpc) is 3.14. The van der Waals surface area contributed by atoms with E-state index in [0.29, 0.717) is 16.5 Å². The van der Waals surface area contributed by atoms with Crippen molar-refractivity contribution < 1.29 is 13.9 Å². The first-order chi connectivity index (χ1) is 14.0. The number of anilines is 1. The molecule has 1 N–H and O–H groups in total. The molecule has 6 nitrogen and oxygen atoms in total. The lowest BCUT2D eigenvalue weighted by molar-refractivity contribution is -0.118. The van der Waals surface area contributed by atoms with Gasteiger partial charge in [0.15, 0.2) is 11.7 Å². The number of carbonyl (C=O) groups excluding carboxylic acids is 1. The summed E-state index contributed by atoms with van der Waals surface area (Å²) in [7, 11) is 0. The number of hydrogen-bond acceptors (Lipinski definition) is 6. The van der Waals surface area contributed by atoms with Crippen molar-refractivity contribution in [1.29, 1.82) is 0 Å². The van der Waals surface area contributed by atoms with E-state index in [0.717, 1.165) is 26.7 Å². The van der Waals surface area contributed by atoms with Gasteiger partial charge in [-0.25, -0.2) is 9.78 Å². The van der Waals surface area contributed by atoms with Gasteiger partial charge in [-0.05, 0) is 36.8 Å². The van der Waals surface area contributed by atoms with Gasteiger partial charge in [0.1, 0.15) is 11.3 Å². The number of carbonyl (C=O) groups is 1. The predicted molar refractivity (Wildman–Crippen MR) is 117 cm³/mol. The highest BCUT2D eigenvalue weighted by Gasteiger charge is 2.10. The normalized spacial score (nSPS) is 10.8. The summed E-state index contributed by atoms with van der Waals surface area (Å²) >= 11 is 4.78. The van der Waals surface area contributed by atoms with E-state index in [1.165, 1.54) is 17.4 Å². The van der Waals surface area contributed by atoms with E-state index in [1.807, 2.05) is 36.6 Å². The van der Waals surface area contributed by atoms with E-state index in [9.17, 15) is 9.59 Å². The Morgan fingerprint density at radius 3 is 2.93 bits per heavy atom. The van der Waals surface area contributed by atoms with Crippen LogP contribution in [0.1, 0.15) is 5.56 Å². The van der Waals surface area contributed by atoms with Gasteiger partial charge in [0.25, 0.3) is 5.91 Å². The molecule has 0 bridgehead atoms. The molecule has 0 atom stereocenters. The number of ether oxygens (including phenoxy) is 1. The van der Waals surface area contributed by atoms with E-state index in [-0.39, 0.29) is 12.5 Å². The van der Waals surface area contributed by atoms with Crippen LogP contribution in [-0.4, -0.2) is 17.5 Å². The van der Waals surface area contributed by atoms with Gasteiger partial charge in [-0.15, -0.1) is 11.3 Å². The number of amides is 1. The maximum absolute atomic E-state index is 12.2. The molecule has 29 heavy (non-hydrogen) atoms. The van der Waals surface area contributed by atoms with E-state index < -0.39 is 5.63 Å². The van der Waals surface area contributed by atoms with E-state index in [1.54, 1.807) is 18.2 Å². The average molecular weight is 471 g/mol. The Balaban J connectivity index is 1.40. The summed E-state index contributed by atoms with van der Waals surface area (Å²) in [6.07, 6.45) is 0. The number of nitrogens with one attached hydrogen (secondary N) is 1. The Bertz CT molecular complexity index is 1270. The first kappa shape index (κ1) is 19.4. The summed E-state index contributed by atoms with van der Waals surface area (Å²) in [4.78, 5) is 28.2. The summed E-state index contributed by atoms with van der Waals surface area (Å²) in [6, 6.07) is 14.4. The number of aryl methyl sites for hydroxylation is 1. The van der Waals surface area contributed by atoms with E-state index in [2.05, 4.69) is 26.2 Å². The molecule has 0 aliphatic rings. The number of rotatable bonds is 5. The van der Waals surface area contributed by atoms with Gasteiger partial charge in [0, 0.05) is 32.9 Å². The number of hydrogen-bond donors (Lipinski definition) is 1. The summed E-state index contributed by atoms with van der Waals surface area (Å²) in [5.74, 6) is 0.112. The molecule has 2 aromatic heterocycles. The molecule has 2 aromatic carbocycles. The van der Waals surface area contributed by atoms with Crippen molar-refractivity contribution in [1.82, 2.24) is 4.98 Å². The minimum atomic E-state index is -0.421. The highest BCUT2D eigenvalue weighted by molar-refractivity contribution is 9.10. The highest BCUT2D eigenvalue weighted by atomic mass is 79.9. The van der Waals surface area contributed by atoms with Crippen molar-refractivity contribution >= 4 is 49.3 Å². The van der Waals surface area contributed by atoms with Crippen molar-refractivity contribution in [2.45, 2.75) is 6.92 Å². The summed E-state index contributed by atoms with van der Waals surface area (Å²) in [6.45, 7) is 1.65. The van der Waals surface area contributed by atoms with E-state index in [4.69, 9.17) is 9.15 Å². The molecule has 4 rings (SSSR count). The lowest BCUT2D eigenvalue weighted by Crippen LogP contribution is -2.20. The zero-order chi connectivity index (χ0) is 20.4. The lowest BCUT2D eigenvalue weighted by atomic mass is 10.1. The fourth-order valence-corrected chi connectivity index (χ4v) is 3.95. The van der Waals surface area contributed by atoms with Crippen LogP contribution in [0.15, 0.2) is 67.6 Å². The number of fused-ring (bicyclic) bond motifs is 1. The smallest absolute Gasteiger partial charge is 0.336 e. The van der Waals surface area contributed by atoms with Crippen molar-refractivity contribution in [2.24, 2.45) is 0 Å². The molecule has 2 heterocycles. The molecule has 0 spiro atoms. The number of aromatic nitrogens is 1. The minimum Gasteiger partial charge on any atom is -0.484 e. The Morgan fingerprint density at radius 2 is 2.10 bits per heavy atom. The molecule has 146 valence electrons. The molecular formula is C21H15BrN2O4S. The van der Waals surface area contributed by atoms with Crippen molar-refractivity contribution in [3.63, 3.8) is 0 Å². The molecule has 4 aromatic rings. The van der Waals surface area contributed by atoms with Crippen LogP contribution in [0, 0.1) is 6.92 Å². The fraction of sp³-hybridized carbons (Fsp3) is 0.0952. The van der Waals surface area contributed by atoms with Crippen LogP contribution in [-0.2, 0) is 4.79 Å². The molecule has 0 saturated heterocycles. The standard InChI is InChI=1S/C21H15BrN2O4S/c1-12-7-20(26)28-18-9-15(5-6-16(12)18)27-10-19(25)24-21-23-17(11-29-21)13-3-2-4-14(22)8-13/h2-9,11H,10H2,1H3,(H,23,24,25).